The highest BCUT2D eigenvalue weighted by molar-refractivity contribution is 6.30. The van der Waals surface area contributed by atoms with Crippen LogP contribution in [0.4, 0.5) is 0 Å². The lowest BCUT2D eigenvalue weighted by atomic mass is 9.82. The van der Waals surface area contributed by atoms with Crippen molar-refractivity contribution in [2.24, 2.45) is 0 Å². The first-order valence-corrected chi connectivity index (χ1v) is 8.44. The van der Waals surface area contributed by atoms with Crippen LogP contribution in [0.2, 0.25) is 10.0 Å². The zero-order valence-corrected chi connectivity index (χ0v) is 14.7. The summed E-state index contributed by atoms with van der Waals surface area (Å²) in [6.07, 6.45) is -6.40. The summed E-state index contributed by atoms with van der Waals surface area (Å²) in [4.78, 5) is 0. The number of rotatable bonds is 7. The van der Waals surface area contributed by atoms with E-state index in [2.05, 4.69) is 0 Å². The molecule has 4 atom stereocenters. The second-order valence-corrected chi connectivity index (χ2v) is 6.68. The molecule has 0 fully saturated rings. The Morgan fingerprint density at radius 1 is 0.640 bits per heavy atom. The molecule has 0 unspecified atom stereocenters. The largest absolute Gasteiger partial charge is 0.394 e. The maximum absolute atomic E-state index is 10.7. The van der Waals surface area contributed by atoms with Gasteiger partial charge in [-0.25, -0.2) is 0 Å². The van der Waals surface area contributed by atoms with E-state index in [1.807, 2.05) is 0 Å². The van der Waals surface area contributed by atoms with E-state index in [1.54, 1.807) is 48.5 Å². The summed E-state index contributed by atoms with van der Waals surface area (Å²) in [5, 5.41) is 50.4. The van der Waals surface area contributed by atoms with Gasteiger partial charge in [0.15, 0.2) is 0 Å². The molecule has 0 saturated carbocycles. The van der Waals surface area contributed by atoms with Crippen LogP contribution in [-0.4, -0.2) is 56.6 Å². The van der Waals surface area contributed by atoms with Gasteiger partial charge < -0.3 is 25.5 Å². The first kappa shape index (κ1) is 20.1. The van der Waals surface area contributed by atoms with Crippen molar-refractivity contribution < 1.29 is 25.5 Å². The second-order valence-electron chi connectivity index (χ2n) is 5.80. The molecule has 0 bridgehead atoms. The lowest BCUT2D eigenvalue weighted by Gasteiger charge is -2.31. The SMILES string of the molecule is OC[C@@H](O)[C@@H](O)[C@@H](O)[C@H](O)C(c1ccc(Cl)cc1)c1ccc(Cl)cc1. The van der Waals surface area contributed by atoms with E-state index in [0.29, 0.717) is 21.2 Å². The van der Waals surface area contributed by atoms with Crippen LogP contribution in [0.25, 0.3) is 0 Å². The summed E-state index contributed by atoms with van der Waals surface area (Å²) < 4.78 is 0. The molecular formula is C18H20Cl2O5. The van der Waals surface area contributed by atoms with Gasteiger partial charge in [0.2, 0.25) is 0 Å². The van der Waals surface area contributed by atoms with Crippen molar-refractivity contribution in [1.82, 2.24) is 0 Å². The number of halogens is 2. The lowest BCUT2D eigenvalue weighted by Crippen LogP contribution is -2.48. The first-order chi connectivity index (χ1) is 11.8. The van der Waals surface area contributed by atoms with Gasteiger partial charge in [0, 0.05) is 16.0 Å². The van der Waals surface area contributed by atoms with Gasteiger partial charge in [-0.05, 0) is 35.4 Å². The quantitative estimate of drug-likeness (QED) is 0.497. The monoisotopic (exact) mass is 386 g/mol. The standard InChI is InChI=1S/C18H20Cl2O5/c19-12-5-1-10(2-6-12)15(11-3-7-13(20)8-4-11)17(24)18(25)16(23)14(22)9-21/h1-8,14-18,21-25H,9H2/t14-,16-,17-,18-/m1/s1. The Morgan fingerprint density at radius 3 is 1.40 bits per heavy atom. The molecule has 0 aliphatic heterocycles. The second kappa shape index (κ2) is 8.96. The van der Waals surface area contributed by atoms with E-state index in [0.717, 1.165) is 0 Å². The lowest BCUT2D eigenvalue weighted by molar-refractivity contribution is -0.117. The highest BCUT2D eigenvalue weighted by Crippen LogP contribution is 2.32. The maximum Gasteiger partial charge on any atom is 0.111 e. The summed E-state index contributed by atoms with van der Waals surface area (Å²) in [5.41, 5.74) is 1.31. The zero-order chi connectivity index (χ0) is 18.6. The average Bonchev–Trinajstić information content (AvgIpc) is 2.63. The molecule has 0 spiro atoms. The highest BCUT2D eigenvalue weighted by atomic mass is 35.5. The van der Waals surface area contributed by atoms with E-state index in [4.69, 9.17) is 28.3 Å². The molecule has 2 aromatic carbocycles. The molecule has 5 N–H and O–H groups in total. The van der Waals surface area contributed by atoms with Crippen molar-refractivity contribution in [3.63, 3.8) is 0 Å². The molecule has 0 aliphatic carbocycles. The topological polar surface area (TPSA) is 101 Å². The van der Waals surface area contributed by atoms with Crippen molar-refractivity contribution in [2.45, 2.75) is 30.3 Å². The Hall–Kier alpha value is -1.18. The minimum Gasteiger partial charge on any atom is -0.394 e. The third-order valence-electron chi connectivity index (χ3n) is 4.08. The number of benzene rings is 2. The summed E-state index contributed by atoms with van der Waals surface area (Å²) in [6.45, 7) is -0.739. The van der Waals surface area contributed by atoms with Gasteiger partial charge in [0.05, 0.1) is 12.7 Å². The van der Waals surface area contributed by atoms with Crippen molar-refractivity contribution in [2.75, 3.05) is 6.61 Å². The Morgan fingerprint density at radius 2 is 1.04 bits per heavy atom. The Balaban J connectivity index is 2.40. The fourth-order valence-corrected chi connectivity index (χ4v) is 2.91. The minimum atomic E-state index is -1.71. The fraction of sp³-hybridized carbons (Fsp3) is 0.333. The Labute approximate surface area is 155 Å². The van der Waals surface area contributed by atoms with E-state index < -0.39 is 36.9 Å². The Bertz CT molecular complexity index is 617. The number of hydrogen-bond donors (Lipinski definition) is 5. The molecule has 0 aromatic heterocycles. The van der Waals surface area contributed by atoms with Crippen LogP contribution < -0.4 is 0 Å². The van der Waals surface area contributed by atoms with Crippen LogP contribution >= 0.6 is 23.2 Å². The van der Waals surface area contributed by atoms with E-state index >= 15 is 0 Å². The van der Waals surface area contributed by atoms with Gasteiger partial charge in [-0.3, -0.25) is 0 Å². The average molecular weight is 387 g/mol. The van der Waals surface area contributed by atoms with Crippen LogP contribution in [0.3, 0.4) is 0 Å². The van der Waals surface area contributed by atoms with Crippen molar-refractivity contribution >= 4 is 23.2 Å². The van der Waals surface area contributed by atoms with Gasteiger partial charge in [0.25, 0.3) is 0 Å². The first-order valence-electron chi connectivity index (χ1n) is 7.69. The van der Waals surface area contributed by atoms with Crippen LogP contribution in [0.5, 0.6) is 0 Å². The molecule has 136 valence electrons. The highest BCUT2D eigenvalue weighted by Gasteiger charge is 2.36. The van der Waals surface area contributed by atoms with E-state index in [1.165, 1.54) is 0 Å². The van der Waals surface area contributed by atoms with Crippen LogP contribution in [0.15, 0.2) is 48.5 Å². The summed E-state index contributed by atoms with van der Waals surface area (Å²) in [6, 6.07) is 13.4. The molecule has 0 amide bonds. The van der Waals surface area contributed by atoms with Crippen molar-refractivity contribution in [3.05, 3.63) is 69.7 Å². The molecular weight excluding hydrogens is 367 g/mol. The molecule has 0 saturated heterocycles. The number of hydrogen-bond acceptors (Lipinski definition) is 5. The van der Waals surface area contributed by atoms with Gasteiger partial charge >= 0.3 is 0 Å². The van der Waals surface area contributed by atoms with Gasteiger partial charge in [0.1, 0.15) is 18.3 Å². The molecule has 5 nitrogen and oxygen atoms in total. The summed E-state index contributed by atoms with van der Waals surface area (Å²) in [7, 11) is 0. The molecule has 7 heteroatoms. The minimum absolute atomic E-state index is 0.518. The number of aliphatic hydroxyl groups is 5. The number of aliphatic hydroxyl groups excluding tert-OH is 5. The molecule has 0 aliphatic rings. The normalized spacial score (nSPS) is 16.5. The van der Waals surface area contributed by atoms with E-state index in [-0.39, 0.29) is 0 Å². The summed E-state index contributed by atoms with van der Waals surface area (Å²) >= 11 is 11.8. The maximum atomic E-state index is 10.7. The Kier molecular flexibility index (Phi) is 7.22. The van der Waals surface area contributed by atoms with Crippen LogP contribution in [0.1, 0.15) is 17.0 Å². The fourth-order valence-electron chi connectivity index (χ4n) is 2.66. The van der Waals surface area contributed by atoms with Gasteiger partial charge in [-0.15, -0.1) is 0 Å². The molecule has 0 heterocycles. The predicted molar refractivity (Wildman–Crippen MR) is 95.9 cm³/mol. The molecule has 25 heavy (non-hydrogen) atoms. The zero-order valence-electron chi connectivity index (χ0n) is 13.2. The van der Waals surface area contributed by atoms with Gasteiger partial charge in [-0.1, -0.05) is 47.5 Å². The van der Waals surface area contributed by atoms with Crippen LogP contribution in [-0.2, 0) is 0 Å². The van der Waals surface area contributed by atoms with Gasteiger partial charge in [-0.2, -0.15) is 0 Å². The van der Waals surface area contributed by atoms with Crippen molar-refractivity contribution in [3.8, 4) is 0 Å². The molecule has 0 radical (unpaired) electrons. The smallest absolute Gasteiger partial charge is 0.111 e. The molecule has 2 aromatic rings. The van der Waals surface area contributed by atoms with Crippen molar-refractivity contribution in [1.29, 1.82) is 0 Å². The third-order valence-corrected chi connectivity index (χ3v) is 4.58. The molecule has 2 rings (SSSR count). The van der Waals surface area contributed by atoms with Crippen LogP contribution in [0, 0.1) is 0 Å². The van der Waals surface area contributed by atoms with E-state index in [9.17, 15) is 20.4 Å². The summed E-state index contributed by atoms with van der Waals surface area (Å²) in [5.74, 6) is -0.704. The predicted octanol–water partition coefficient (Wildman–Crippen LogP) is 1.56. The third kappa shape index (κ3) is 4.92.